The van der Waals surface area contributed by atoms with Gasteiger partial charge in [-0.15, -0.1) is 0 Å². The number of amides is 1. The molecule has 6 heteroatoms. The van der Waals surface area contributed by atoms with E-state index in [1.807, 2.05) is 24.3 Å². The first kappa shape index (κ1) is 16.0. The highest BCUT2D eigenvalue weighted by atomic mass is 35.5. The lowest BCUT2D eigenvalue weighted by molar-refractivity contribution is -0.135. The van der Waals surface area contributed by atoms with Gasteiger partial charge in [-0.3, -0.25) is 9.59 Å². The SMILES string of the molecule is O=C(O)CNC(=O)c1cc(-c2ccccc2Cl)nc2ccccc12. The predicted molar refractivity (Wildman–Crippen MR) is 92.2 cm³/mol. The van der Waals surface area contributed by atoms with Gasteiger partial charge in [-0.1, -0.05) is 48.0 Å². The molecule has 0 atom stereocenters. The van der Waals surface area contributed by atoms with Gasteiger partial charge < -0.3 is 10.4 Å². The number of nitrogens with one attached hydrogen (secondary N) is 1. The molecule has 3 rings (SSSR count). The fraction of sp³-hybridized carbons (Fsp3) is 0.0556. The molecule has 0 radical (unpaired) electrons. The summed E-state index contributed by atoms with van der Waals surface area (Å²) in [4.78, 5) is 27.6. The van der Waals surface area contributed by atoms with Crippen LogP contribution in [0.15, 0.2) is 54.6 Å². The van der Waals surface area contributed by atoms with Gasteiger partial charge in [0.15, 0.2) is 0 Å². The normalized spacial score (nSPS) is 10.5. The van der Waals surface area contributed by atoms with Crippen LogP contribution in [0.25, 0.3) is 22.2 Å². The van der Waals surface area contributed by atoms with Crippen molar-refractivity contribution in [2.45, 2.75) is 0 Å². The number of para-hydroxylation sites is 1. The van der Waals surface area contributed by atoms with Crippen LogP contribution in [0.4, 0.5) is 0 Å². The molecule has 120 valence electrons. The molecular weight excluding hydrogens is 328 g/mol. The average Bonchev–Trinajstić information content (AvgIpc) is 2.59. The van der Waals surface area contributed by atoms with Gasteiger partial charge in [0.05, 0.1) is 16.8 Å². The summed E-state index contributed by atoms with van der Waals surface area (Å²) in [6, 6.07) is 16.0. The van der Waals surface area contributed by atoms with Gasteiger partial charge in [0.2, 0.25) is 0 Å². The zero-order valence-electron chi connectivity index (χ0n) is 12.5. The Labute approximate surface area is 142 Å². The first-order valence-electron chi connectivity index (χ1n) is 7.21. The van der Waals surface area contributed by atoms with Gasteiger partial charge in [0.1, 0.15) is 6.54 Å². The Kier molecular flexibility index (Phi) is 4.44. The number of aliphatic carboxylic acids is 1. The minimum atomic E-state index is -1.10. The van der Waals surface area contributed by atoms with Crippen LogP contribution in [0.3, 0.4) is 0 Å². The average molecular weight is 341 g/mol. The van der Waals surface area contributed by atoms with Crippen molar-refractivity contribution in [1.29, 1.82) is 0 Å². The summed E-state index contributed by atoms with van der Waals surface area (Å²) < 4.78 is 0. The molecule has 0 bridgehead atoms. The molecule has 2 N–H and O–H groups in total. The van der Waals surface area contributed by atoms with Crippen LogP contribution < -0.4 is 5.32 Å². The van der Waals surface area contributed by atoms with E-state index in [9.17, 15) is 9.59 Å². The van der Waals surface area contributed by atoms with E-state index in [4.69, 9.17) is 16.7 Å². The summed E-state index contributed by atoms with van der Waals surface area (Å²) in [5.41, 5.74) is 2.25. The van der Waals surface area contributed by atoms with Gasteiger partial charge in [0.25, 0.3) is 5.91 Å². The first-order chi connectivity index (χ1) is 11.6. The maximum atomic E-state index is 12.4. The Bertz CT molecular complexity index is 940. The van der Waals surface area contributed by atoms with E-state index in [0.29, 0.717) is 32.7 Å². The molecule has 1 aromatic heterocycles. The van der Waals surface area contributed by atoms with Gasteiger partial charge in [-0.2, -0.15) is 0 Å². The molecule has 0 aliphatic rings. The van der Waals surface area contributed by atoms with Crippen LogP contribution in [0.2, 0.25) is 5.02 Å². The second-order valence-electron chi connectivity index (χ2n) is 5.13. The number of carboxylic acid groups (broad SMARTS) is 1. The molecule has 0 aliphatic carbocycles. The van der Waals surface area contributed by atoms with Crippen molar-refractivity contribution in [3.63, 3.8) is 0 Å². The van der Waals surface area contributed by atoms with Crippen LogP contribution >= 0.6 is 11.6 Å². The Morgan fingerprint density at radius 3 is 2.54 bits per heavy atom. The van der Waals surface area contributed by atoms with Crippen LogP contribution in [-0.2, 0) is 4.79 Å². The van der Waals surface area contributed by atoms with Crippen LogP contribution in [0.5, 0.6) is 0 Å². The van der Waals surface area contributed by atoms with Crippen molar-refractivity contribution in [2.75, 3.05) is 6.54 Å². The number of pyridine rings is 1. The Morgan fingerprint density at radius 1 is 1.08 bits per heavy atom. The number of rotatable bonds is 4. The topological polar surface area (TPSA) is 79.3 Å². The summed E-state index contributed by atoms with van der Waals surface area (Å²) in [5, 5.41) is 12.3. The maximum Gasteiger partial charge on any atom is 0.322 e. The molecule has 24 heavy (non-hydrogen) atoms. The molecule has 1 amide bonds. The van der Waals surface area contributed by atoms with Crippen LogP contribution in [0.1, 0.15) is 10.4 Å². The quantitative estimate of drug-likeness (QED) is 0.763. The molecule has 2 aromatic carbocycles. The number of halogens is 1. The number of nitrogens with zero attached hydrogens (tertiary/aromatic N) is 1. The minimum Gasteiger partial charge on any atom is -0.480 e. The third-order valence-corrected chi connectivity index (χ3v) is 3.84. The number of aromatic nitrogens is 1. The van der Waals surface area contributed by atoms with Gasteiger partial charge in [-0.25, -0.2) is 4.98 Å². The van der Waals surface area contributed by atoms with E-state index in [1.54, 1.807) is 30.3 Å². The zero-order chi connectivity index (χ0) is 17.1. The van der Waals surface area contributed by atoms with E-state index >= 15 is 0 Å². The van der Waals surface area contributed by atoms with E-state index in [1.165, 1.54) is 0 Å². The van der Waals surface area contributed by atoms with E-state index in [-0.39, 0.29) is 0 Å². The Hall–Kier alpha value is -2.92. The molecule has 1 heterocycles. The van der Waals surface area contributed by atoms with Crippen LogP contribution in [0, 0.1) is 0 Å². The lowest BCUT2D eigenvalue weighted by Crippen LogP contribution is -2.29. The van der Waals surface area contributed by atoms with Crippen molar-refractivity contribution >= 4 is 34.4 Å². The molecular formula is C18H13ClN2O3. The fourth-order valence-corrected chi connectivity index (χ4v) is 2.65. The van der Waals surface area contributed by atoms with E-state index < -0.39 is 18.4 Å². The van der Waals surface area contributed by atoms with Crippen molar-refractivity contribution in [1.82, 2.24) is 10.3 Å². The van der Waals surface area contributed by atoms with Crippen molar-refractivity contribution in [2.24, 2.45) is 0 Å². The molecule has 0 saturated carbocycles. The Morgan fingerprint density at radius 2 is 1.79 bits per heavy atom. The zero-order valence-corrected chi connectivity index (χ0v) is 13.2. The molecule has 3 aromatic rings. The van der Waals surface area contributed by atoms with E-state index in [2.05, 4.69) is 10.3 Å². The third-order valence-electron chi connectivity index (χ3n) is 3.51. The first-order valence-corrected chi connectivity index (χ1v) is 7.59. The molecule has 0 saturated heterocycles. The van der Waals surface area contributed by atoms with Gasteiger partial charge >= 0.3 is 5.97 Å². The number of benzene rings is 2. The Balaban J connectivity index is 2.15. The largest absolute Gasteiger partial charge is 0.480 e. The maximum absolute atomic E-state index is 12.4. The summed E-state index contributed by atoms with van der Waals surface area (Å²) >= 11 is 6.23. The van der Waals surface area contributed by atoms with Gasteiger partial charge in [-0.05, 0) is 18.2 Å². The number of hydrogen-bond donors (Lipinski definition) is 2. The lowest BCUT2D eigenvalue weighted by Gasteiger charge is -2.10. The second kappa shape index (κ2) is 6.68. The number of fused-ring (bicyclic) bond motifs is 1. The number of carbonyl (C=O) groups is 2. The van der Waals surface area contributed by atoms with Crippen molar-refractivity contribution < 1.29 is 14.7 Å². The lowest BCUT2D eigenvalue weighted by atomic mass is 10.0. The standard InChI is InChI=1S/C18H13ClN2O3/c19-14-7-3-1-6-12(14)16-9-13(18(24)20-10-17(22)23)11-5-2-4-8-15(11)21-16/h1-9H,10H2,(H,20,24)(H,22,23). The second-order valence-corrected chi connectivity index (χ2v) is 5.54. The number of hydrogen-bond acceptors (Lipinski definition) is 3. The molecule has 0 unspecified atom stereocenters. The predicted octanol–water partition coefficient (Wildman–Crippen LogP) is 3.37. The fourth-order valence-electron chi connectivity index (χ4n) is 2.42. The highest BCUT2D eigenvalue weighted by Gasteiger charge is 2.15. The van der Waals surface area contributed by atoms with Gasteiger partial charge in [0, 0.05) is 16.0 Å². The molecule has 0 fully saturated rings. The third kappa shape index (κ3) is 3.21. The number of carboxylic acids is 1. The smallest absolute Gasteiger partial charge is 0.322 e. The van der Waals surface area contributed by atoms with E-state index in [0.717, 1.165) is 0 Å². The van der Waals surface area contributed by atoms with Crippen LogP contribution in [-0.4, -0.2) is 28.5 Å². The minimum absolute atomic E-state index is 0.358. The summed E-state index contributed by atoms with van der Waals surface area (Å²) in [5.74, 6) is -1.57. The monoisotopic (exact) mass is 340 g/mol. The van der Waals surface area contributed by atoms with Crippen molar-refractivity contribution in [3.05, 3.63) is 65.2 Å². The molecule has 0 aliphatic heterocycles. The highest BCUT2D eigenvalue weighted by molar-refractivity contribution is 6.33. The number of carbonyl (C=O) groups excluding carboxylic acids is 1. The summed E-state index contributed by atoms with van der Waals surface area (Å²) in [6.45, 7) is -0.448. The summed E-state index contributed by atoms with van der Waals surface area (Å²) in [6.07, 6.45) is 0. The molecule has 0 spiro atoms. The summed E-state index contributed by atoms with van der Waals surface area (Å²) in [7, 11) is 0. The van der Waals surface area contributed by atoms with Crippen molar-refractivity contribution in [3.8, 4) is 11.3 Å². The highest BCUT2D eigenvalue weighted by Crippen LogP contribution is 2.29. The molecule has 5 nitrogen and oxygen atoms in total.